The lowest BCUT2D eigenvalue weighted by atomic mass is 10.1. The van der Waals surface area contributed by atoms with Gasteiger partial charge in [0.25, 0.3) is 0 Å². The monoisotopic (exact) mass is 294 g/mol. The summed E-state index contributed by atoms with van der Waals surface area (Å²) in [6, 6.07) is 3.68. The zero-order valence-corrected chi connectivity index (χ0v) is 11.6. The second kappa shape index (κ2) is 5.01. The van der Waals surface area contributed by atoms with Gasteiger partial charge in [0.05, 0.1) is 20.3 Å². The minimum Gasteiger partial charge on any atom is -0.469 e. The first-order chi connectivity index (χ1) is 7.63. The SMILES string of the molecule is CCc1occc1C(Cl)c1cc(Cl)sc1Cl. The molecule has 0 radical (unpaired) electrons. The topological polar surface area (TPSA) is 13.1 Å². The molecule has 2 rings (SSSR count). The Morgan fingerprint density at radius 1 is 1.38 bits per heavy atom. The summed E-state index contributed by atoms with van der Waals surface area (Å²) in [4.78, 5) is 0. The van der Waals surface area contributed by atoms with Crippen LogP contribution in [0.5, 0.6) is 0 Å². The first-order valence-electron chi connectivity index (χ1n) is 4.78. The van der Waals surface area contributed by atoms with E-state index in [2.05, 4.69) is 0 Å². The minimum absolute atomic E-state index is 0.301. The zero-order chi connectivity index (χ0) is 11.7. The highest BCUT2D eigenvalue weighted by atomic mass is 35.5. The van der Waals surface area contributed by atoms with Crippen molar-refractivity contribution in [2.75, 3.05) is 0 Å². The Hall–Kier alpha value is -0.150. The van der Waals surface area contributed by atoms with Gasteiger partial charge in [0.15, 0.2) is 0 Å². The number of aryl methyl sites for hydroxylation is 1. The minimum atomic E-state index is -0.301. The fourth-order valence-corrected chi connectivity index (χ4v) is 3.58. The van der Waals surface area contributed by atoms with Crippen molar-refractivity contribution in [1.29, 1.82) is 0 Å². The number of hydrogen-bond donors (Lipinski definition) is 0. The van der Waals surface area contributed by atoms with E-state index in [1.54, 1.807) is 12.3 Å². The predicted octanol–water partition coefficient (Wildman–Crippen LogP) is 5.54. The fourth-order valence-electron chi connectivity index (χ4n) is 1.56. The molecule has 0 aliphatic carbocycles. The van der Waals surface area contributed by atoms with E-state index in [-0.39, 0.29) is 5.38 Å². The van der Waals surface area contributed by atoms with Gasteiger partial charge in [0, 0.05) is 17.5 Å². The molecule has 1 nitrogen and oxygen atoms in total. The van der Waals surface area contributed by atoms with E-state index in [0.717, 1.165) is 23.3 Å². The Morgan fingerprint density at radius 2 is 2.12 bits per heavy atom. The fraction of sp³-hybridized carbons (Fsp3) is 0.273. The molecule has 0 N–H and O–H groups in total. The summed E-state index contributed by atoms with van der Waals surface area (Å²) in [5, 5.41) is -0.301. The second-order valence-electron chi connectivity index (χ2n) is 3.29. The van der Waals surface area contributed by atoms with Crippen molar-refractivity contribution in [2.24, 2.45) is 0 Å². The van der Waals surface area contributed by atoms with E-state index in [1.165, 1.54) is 11.3 Å². The van der Waals surface area contributed by atoms with E-state index >= 15 is 0 Å². The first-order valence-corrected chi connectivity index (χ1v) is 6.79. The molecule has 1 unspecified atom stereocenters. The molecule has 0 saturated heterocycles. The first kappa shape index (κ1) is 12.3. The largest absolute Gasteiger partial charge is 0.469 e. The van der Waals surface area contributed by atoms with Gasteiger partial charge in [-0.3, -0.25) is 0 Å². The third-order valence-corrected chi connectivity index (χ3v) is 4.32. The Morgan fingerprint density at radius 3 is 2.69 bits per heavy atom. The summed E-state index contributed by atoms with van der Waals surface area (Å²) in [5.41, 5.74) is 1.80. The van der Waals surface area contributed by atoms with Crippen LogP contribution in [0, 0.1) is 0 Å². The molecule has 0 bridgehead atoms. The molecule has 1 atom stereocenters. The van der Waals surface area contributed by atoms with Crippen LogP contribution in [0.15, 0.2) is 22.8 Å². The van der Waals surface area contributed by atoms with Crippen LogP contribution < -0.4 is 0 Å². The molecule has 0 aliphatic rings. The van der Waals surface area contributed by atoms with Gasteiger partial charge in [0.1, 0.15) is 5.76 Å². The lowest BCUT2D eigenvalue weighted by Gasteiger charge is -2.07. The van der Waals surface area contributed by atoms with Crippen LogP contribution in [0.1, 0.15) is 29.2 Å². The average Bonchev–Trinajstić information content (AvgIpc) is 2.83. The van der Waals surface area contributed by atoms with Crippen molar-refractivity contribution in [3.8, 4) is 0 Å². The maximum absolute atomic E-state index is 6.38. The quantitative estimate of drug-likeness (QED) is 0.678. The van der Waals surface area contributed by atoms with Gasteiger partial charge in [-0.1, -0.05) is 30.1 Å². The van der Waals surface area contributed by atoms with Gasteiger partial charge in [-0.15, -0.1) is 22.9 Å². The van der Waals surface area contributed by atoms with Crippen LogP contribution in [0.3, 0.4) is 0 Å². The van der Waals surface area contributed by atoms with Gasteiger partial charge in [-0.05, 0) is 12.1 Å². The summed E-state index contributed by atoms with van der Waals surface area (Å²) in [5.74, 6) is 0.887. The number of rotatable bonds is 3. The highest BCUT2D eigenvalue weighted by Crippen LogP contribution is 2.41. The maximum atomic E-state index is 6.38. The molecule has 0 fully saturated rings. The van der Waals surface area contributed by atoms with Crippen LogP contribution in [0.4, 0.5) is 0 Å². The van der Waals surface area contributed by atoms with E-state index in [9.17, 15) is 0 Å². The lowest BCUT2D eigenvalue weighted by molar-refractivity contribution is 0.512. The molecule has 86 valence electrons. The predicted molar refractivity (Wildman–Crippen MR) is 70.1 cm³/mol. The highest BCUT2D eigenvalue weighted by molar-refractivity contribution is 7.20. The Balaban J connectivity index is 2.38. The van der Waals surface area contributed by atoms with Crippen molar-refractivity contribution in [1.82, 2.24) is 0 Å². The van der Waals surface area contributed by atoms with Gasteiger partial charge in [-0.25, -0.2) is 0 Å². The van der Waals surface area contributed by atoms with Crippen LogP contribution in [-0.4, -0.2) is 0 Å². The Bertz CT molecular complexity index is 489. The molecule has 0 aliphatic heterocycles. The van der Waals surface area contributed by atoms with Crippen molar-refractivity contribution in [3.63, 3.8) is 0 Å². The number of halogens is 3. The third-order valence-electron chi connectivity index (χ3n) is 2.33. The van der Waals surface area contributed by atoms with Crippen LogP contribution in [0.2, 0.25) is 8.67 Å². The number of furan rings is 1. The Kier molecular flexibility index (Phi) is 3.85. The smallest absolute Gasteiger partial charge is 0.108 e. The molecule has 0 spiro atoms. The van der Waals surface area contributed by atoms with Gasteiger partial charge < -0.3 is 4.42 Å². The van der Waals surface area contributed by atoms with Crippen molar-refractivity contribution < 1.29 is 4.42 Å². The lowest BCUT2D eigenvalue weighted by Crippen LogP contribution is -1.93. The number of alkyl halides is 1. The molecule has 0 aromatic carbocycles. The molecule has 2 aromatic rings. The summed E-state index contributed by atoms with van der Waals surface area (Å²) < 4.78 is 6.62. The van der Waals surface area contributed by atoms with Gasteiger partial charge >= 0.3 is 0 Å². The van der Waals surface area contributed by atoms with Crippen LogP contribution in [0.25, 0.3) is 0 Å². The maximum Gasteiger partial charge on any atom is 0.108 e. The number of thiophene rings is 1. The normalized spacial score (nSPS) is 13.0. The summed E-state index contributed by atoms with van der Waals surface area (Å²) >= 11 is 19.7. The standard InChI is InChI=1S/C11H9Cl3OS/c1-2-8-6(3-4-15-8)10(13)7-5-9(12)16-11(7)14/h3-5,10H,2H2,1H3. The summed E-state index contributed by atoms with van der Waals surface area (Å²) in [7, 11) is 0. The van der Waals surface area contributed by atoms with Crippen LogP contribution >= 0.6 is 46.1 Å². The summed E-state index contributed by atoms with van der Waals surface area (Å²) in [6.45, 7) is 2.02. The molecule has 0 amide bonds. The average molecular weight is 296 g/mol. The molecule has 2 heterocycles. The summed E-state index contributed by atoms with van der Waals surface area (Å²) in [6.07, 6.45) is 2.45. The molecular weight excluding hydrogens is 287 g/mol. The zero-order valence-electron chi connectivity index (χ0n) is 8.47. The van der Waals surface area contributed by atoms with Gasteiger partial charge in [-0.2, -0.15) is 0 Å². The third kappa shape index (κ3) is 2.25. The molecular formula is C11H9Cl3OS. The highest BCUT2D eigenvalue weighted by Gasteiger charge is 2.20. The van der Waals surface area contributed by atoms with Gasteiger partial charge in [0.2, 0.25) is 0 Å². The Labute approximate surface area is 113 Å². The van der Waals surface area contributed by atoms with E-state index < -0.39 is 0 Å². The molecule has 0 saturated carbocycles. The van der Waals surface area contributed by atoms with Crippen molar-refractivity contribution in [3.05, 3.63) is 44.0 Å². The van der Waals surface area contributed by atoms with E-state index in [4.69, 9.17) is 39.2 Å². The van der Waals surface area contributed by atoms with Crippen molar-refractivity contribution in [2.45, 2.75) is 18.7 Å². The molecule has 5 heteroatoms. The van der Waals surface area contributed by atoms with Crippen molar-refractivity contribution >= 4 is 46.1 Å². The van der Waals surface area contributed by atoms with E-state index in [1.807, 2.05) is 13.0 Å². The number of hydrogen-bond acceptors (Lipinski definition) is 2. The molecule has 16 heavy (non-hydrogen) atoms. The molecule has 2 aromatic heterocycles. The van der Waals surface area contributed by atoms with Crippen LogP contribution in [-0.2, 0) is 6.42 Å². The second-order valence-corrected chi connectivity index (χ2v) is 6.02. The van der Waals surface area contributed by atoms with E-state index in [0.29, 0.717) is 8.67 Å².